The number of anilines is 3. The third-order valence-electron chi connectivity index (χ3n) is 2.01. The molecule has 0 unspecified atom stereocenters. The van der Waals surface area contributed by atoms with E-state index < -0.39 is 0 Å². The number of nitrogens with zero attached hydrogens (tertiary/aromatic N) is 2. The highest BCUT2D eigenvalue weighted by Crippen LogP contribution is 2.26. The highest BCUT2D eigenvalue weighted by atomic mass is 79.9. The third-order valence-corrected chi connectivity index (χ3v) is 2.70. The van der Waals surface area contributed by atoms with Crippen molar-refractivity contribution >= 4 is 33.3 Å². The second kappa shape index (κ2) is 5.07. The van der Waals surface area contributed by atoms with Gasteiger partial charge in [0.25, 0.3) is 0 Å². The van der Waals surface area contributed by atoms with Gasteiger partial charge in [0.2, 0.25) is 0 Å². The van der Waals surface area contributed by atoms with E-state index in [0.29, 0.717) is 17.3 Å². The summed E-state index contributed by atoms with van der Waals surface area (Å²) in [6, 6.07) is 5.95. The van der Waals surface area contributed by atoms with Crippen molar-refractivity contribution in [2.24, 2.45) is 5.84 Å². The topological polar surface area (TPSA) is 75.9 Å². The number of nitrogens with one attached hydrogen (secondary N) is 2. The molecular weight excluding hydrogens is 289 g/mol. The van der Waals surface area contributed by atoms with Crippen molar-refractivity contribution in [3.05, 3.63) is 40.9 Å². The SMILES string of the molecule is NNc1cc(Nc2cc(F)ccc2Br)ncn1. The van der Waals surface area contributed by atoms with Crippen molar-refractivity contribution in [3.63, 3.8) is 0 Å². The predicted molar refractivity (Wildman–Crippen MR) is 67.2 cm³/mol. The Morgan fingerprint density at radius 2 is 1.94 bits per heavy atom. The Hall–Kier alpha value is -1.73. The highest BCUT2D eigenvalue weighted by Gasteiger charge is 2.03. The van der Waals surface area contributed by atoms with E-state index in [9.17, 15) is 4.39 Å². The summed E-state index contributed by atoms with van der Waals surface area (Å²) in [5, 5.41) is 2.95. The maximum absolute atomic E-state index is 13.1. The van der Waals surface area contributed by atoms with Gasteiger partial charge in [0.15, 0.2) is 0 Å². The van der Waals surface area contributed by atoms with Gasteiger partial charge in [0, 0.05) is 10.5 Å². The first-order chi connectivity index (χ1) is 8.19. The van der Waals surface area contributed by atoms with Crippen molar-refractivity contribution in [2.75, 3.05) is 10.7 Å². The number of halogens is 2. The zero-order valence-electron chi connectivity index (χ0n) is 8.61. The van der Waals surface area contributed by atoms with Crippen LogP contribution in [0.15, 0.2) is 35.1 Å². The molecule has 0 aliphatic carbocycles. The summed E-state index contributed by atoms with van der Waals surface area (Å²) < 4.78 is 13.8. The van der Waals surface area contributed by atoms with Gasteiger partial charge in [-0.3, -0.25) is 0 Å². The van der Waals surface area contributed by atoms with Crippen molar-refractivity contribution in [3.8, 4) is 0 Å². The van der Waals surface area contributed by atoms with Crippen LogP contribution in [-0.4, -0.2) is 9.97 Å². The number of aromatic nitrogens is 2. The number of hydrogen-bond donors (Lipinski definition) is 3. The second-order valence-electron chi connectivity index (χ2n) is 3.18. The van der Waals surface area contributed by atoms with Gasteiger partial charge in [0.1, 0.15) is 23.8 Å². The lowest BCUT2D eigenvalue weighted by Gasteiger charge is -2.08. The van der Waals surface area contributed by atoms with E-state index in [2.05, 4.69) is 36.6 Å². The predicted octanol–water partition coefficient (Wildman–Crippen LogP) is 2.41. The molecular formula is C10H9BrFN5. The first-order valence-corrected chi connectivity index (χ1v) is 5.49. The number of nitrogen functional groups attached to an aromatic ring is 1. The first-order valence-electron chi connectivity index (χ1n) is 4.70. The fraction of sp³-hybridized carbons (Fsp3) is 0. The Labute approximate surface area is 105 Å². The summed E-state index contributed by atoms with van der Waals surface area (Å²) in [4.78, 5) is 7.86. The van der Waals surface area contributed by atoms with E-state index in [0.717, 1.165) is 4.47 Å². The number of hydrazine groups is 1. The largest absolute Gasteiger partial charge is 0.339 e. The average molecular weight is 298 g/mol. The molecule has 4 N–H and O–H groups in total. The summed E-state index contributed by atoms with van der Waals surface area (Å²) in [6.07, 6.45) is 1.35. The number of nitrogens with two attached hydrogens (primary N) is 1. The Morgan fingerprint density at radius 3 is 2.71 bits per heavy atom. The van der Waals surface area contributed by atoms with Gasteiger partial charge < -0.3 is 10.7 Å². The van der Waals surface area contributed by atoms with Crippen LogP contribution in [0.4, 0.5) is 21.7 Å². The fourth-order valence-corrected chi connectivity index (χ4v) is 1.58. The summed E-state index contributed by atoms with van der Waals surface area (Å²) in [5.74, 6) is 5.88. The zero-order valence-corrected chi connectivity index (χ0v) is 10.2. The molecule has 0 spiro atoms. The molecule has 1 heterocycles. The minimum atomic E-state index is -0.332. The van der Waals surface area contributed by atoms with Gasteiger partial charge in [-0.25, -0.2) is 20.2 Å². The molecule has 0 fully saturated rings. The van der Waals surface area contributed by atoms with Crippen LogP contribution < -0.4 is 16.6 Å². The first kappa shape index (κ1) is 11.7. The lowest BCUT2D eigenvalue weighted by Crippen LogP contribution is -2.09. The summed E-state index contributed by atoms with van der Waals surface area (Å²) >= 11 is 3.31. The van der Waals surface area contributed by atoms with Gasteiger partial charge in [-0.1, -0.05) is 0 Å². The molecule has 7 heteroatoms. The average Bonchev–Trinajstić information content (AvgIpc) is 2.34. The second-order valence-corrected chi connectivity index (χ2v) is 4.04. The van der Waals surface area contributed by atoms with Gasteiger partial charge in [-0.2, -0.15) is 0 Å². The van der Waals surface area contributed by atoms with Crippen LogP contribution in [-0.2, 0) is 0 Å². The Bertz CT molecular complexity index is 534. The molecule has 1 aromatic heterocycles. The van der Waals surface area contributed by atoms with E-state index >= 15 is 0 Å². The van der Waals surface area contributed by atoms with Crippen LogP contribution in [0.25, 0.3) is 0 Å². The molecule has 0 atom stereocenters. The fourth-order valence-electron chi connectivity index (χ4n) is 1.24. The molecule has 1 aromatic carbocycles. The molecule has 17 heavy (non-hydrogen) atoms. The van der Waals surface area contributed by atoms with E-state index in [1.165, 1.54) is 18.5 Å². The highest BCUT2D eigenvalue weighted by molar-refractivity contribution is 9.10. The van der Waals surface area contributed by atoms with Gasteiger partial charge in [-0.15, -0.1) is 0 Å². The monoisotopic (exact) mass is 297 g/mol. The van der Waals surface area contributed by atoms with Gasteiger partial charge in [0.05, 0.1) is 5.69 Å². The maximum atomic E-state index is 13.1. The smallest absolute Gasteiger partial charge is 0.145 e. The minimum Gasteiger partial charge on any atom is -0.339 e. The van der Waals surface area contributed by atoms with Crippen LogP contribution in [0.2, 0.25) is 0 Å². The molecule has 88 valence electrons. The maximum Gasteiger partial charge on any atom is 0.145 e. The zero-order chi connectivity index (χ0) is 12.3. The van der Waals surface area contributed by atoms with Crippen molar-refractivity contribution in [1.82, 2.24) is 9.97 Å². The molecule has 0 amide bonds. The molecule has 0 aliphatic rings. The Kier molecular flexibility index (Phi) is 3.50. The standard InChI is InChI=1S/C10H9BrFN5/c11-7-2-1-6(12)3-8(7)16-9-4-10(17-13)15-5-14-9/h1-5H,13H2,(H2,14,15,16,17). The quantitative estimate of drug-likeness (QED) is 0.599. The van der Waals surface area contributed by atoms with Crippen LogP contribution in [0.5, 0.6) is 0 Å². The summed E-state index contributed by atoms with van der Waals surface area (Å²) in [5.41, 5.74) is 2.98. The van der Waals surface area contributed by atoms with Crippen molar-refractivity contribution < 1.29 is 4.39 Å². The molecule has 2 rings (SSSR count). The number of rotatable bonds is 3. The normalized spacial score (nSPS) is 10.1. The summed E-state index contributed by atoms with van der Waals surface area (Å²) in [6.45, 7) is 0. The molecule has 2 aromatic rings. The molecule has 0 saturated carbocycles. The molecule has 0 bridgehead atoms. The number of hydrogen-bond acceptors (Lipinski definition) is 5. The third kappa shape index (κ3) is 2.89. The minimum absolute atomic E-state index is 0.332. The van der Waals surface area contributed by atoms with Crippen LogP contribution >= 0.6 is 15.9 Å². The summed E-state index contributed by atoms with van der Waals surface area (Å²) in [7, 11) is 0. The van der Waals surface area contributed by atoms with Crippen LogP contribution in [0.1, 0.15) is 0 Å². The van der Waals surface area contributed by atoms with Gasteiger partial charge in [-0.05, 0) is 34.1 Å². The van der Waals surface area contributed by atoms with Gasteiger partial charge >= 0.3 is 0 Å². The molecule has 0 radical (unpaired) electrons. The number of benzene rings is 1. The Balaban J connectivity index is 2.27. The molecule has 5 nitrogen and oxygen atoms in total. The van der Waals surface area contributed by atoms with E-state index in [-0.39, 0.29) is 5.82 Å². The van der Waals surface area contributed by atoms with E-state index in [1.807, 2.05) is 0 Å². The molecule has 0 saturated heterocycles. The Morgan fingerprint density at radius 1 is 1.18 bits per heavy atom. The van der Waals surface area contributed by atoms with Crippen LogP contribution in [0.3, 0.4) is 0 Å². The van der Waals surface area contributed by atoms with Crippen molar-refractivity contribution in [1.29, 1.82) is 0 Å². The van der Waals surface area contributed by atoms with Crippen molar-refractivity contribution in [2.45, 2.75) is 0 Å². The van der Waals surface area contributed by atoms with Crippen LogP contribution in [0, 0.1) is 5.82 Å². The molecule has 0 aliphatic heterocycles. The van der Waals surface area contributed by atoms with E-state index in [1.54, 1.807) is 12.1 Å². The lowest BCUT2D eigenvalue weighted by molar-refractivity contribution is 0.628. The van der Waals surface area contributed by atoms with E-state index in [4.69, 9.17) is 5.84 Å². The lowest BCUT2D eigenvalue weighted by atomic mass is 10.3.